The van der Waals surface area contributed by atoms with Gasteiger partial charge in [-0.1, -0.05) is 44.5 Å². The normalized spacial score (nSPS) is 21.8. The number of hydrogen-bond acceptors (Lipinski definition) is 19. The Morgan fingerprint density at radius 1 is 0.878 bits per heavy atom. The molecule has 0 saturated carbocycles. The predicted molar refractivity (Wildman–Crippen MR) is 286 cm³/mol. The van der Waals surface area contributed by atoms with Gasteiger partial charge in [-0.05, 0) is 62.3 Å². The lowest BCUT2D eigenvalue weighted by Crippen LogP contribution is -2.56. The van der Waals surface area contributed by atoms with Crippen LogP contribution in [0.4, 0.5) is 15.3 Å². The van der Waals surface area contributed by atoms with Crippen LogP contribution in [0.25, 0.3) is 0 Å². The van der Waals surface area contributed by atoms with Crippen molar-refractivity contribution in [2.75, 3.05) is 32.1 Å². The summed E-state index contributed by atoms with van der Waals surface area (Å²) < 4.78 is 23.0. The van der Waals surface area contributed by atoms with Gasteiger partial charge in [0.2, 0.25) is 35.3 Å². The number of nitrogens with zero attached hydrogens (tertiary/aromatic N) is 1. The molecule has 2 fully saturated rings. The van der Waals surface area contributed by atoms with Crippen LogP contribution >= 0.6 is 0 Å². The zero-order chi connectivity index (χ0) is 59.7. The van der Waals surface area contributed by atoms with Gasteiger partial charge in [-0.25, -0.2) is 9.59 Å². The number of ether oxygens (including phenoxy) is 4. The second-order valence-electron chi connectivity index (χ2n) is 21.0. The molecular formula is C56H69N7O19. The molecule has 2 saturated heterocycles. The zero-order valence-corrected chi connectivity index (χ0v) is 45.7. The Morgan fingerprint density at radius 2 is 1.57 bits per heavy atom. The highest BCUT2D eigenvalue weighted by Crippen LogP contribution is 2.52. The number of alkyl carbamates (subject to hydrolysis) is 1. The van der Waals surface area contributed by atoms with Gasteiger partial charge < -0.3 is 76.8 Å². The molecule has 0 spiro atoms. The molecule has 8 atom stereocenters. The number of aliphatic hydroxyl groups is 3. The number of aromatic hydroxyl groups is 2. The van der Waals surface area contributed by atoms with Crippen LogP contribution in [0, 0.1) is 5.92 Å². The van der Waals surface area contributed by atoms with Gasteiger partial charge in [-0.2, -0.15) is 0 Å². The van der Waals surface area contributed by atoms with Crippen molar-refractivity contribution < 1.29 is 92.4 Å². The number of nitrogens with two attached hydrogens (primary N) is 1. The SMILES string of the molecule is COc1cccc2c1C(=O)c1c(O)c3c(c(O)c1C2=O)C[C@@](O)(C(=O)CO)C[C@@H]3O[C@H]1C[C@H](NC(=O)OCc2ccc(NC(=O)[C@H](CCCNC(N)=O)NC(=O)[C@@H](NC(=O)CCCCCN3C(=O)CCC3=O)C(C)C)cc2)[C@H](O)[C@H](C)O1. The second-order valence-corrected chi connectivity index (χ2v) is 21.0. The van der Waals surface area contributed by atoms with Crippen molar-refractivity contribution in [3.8, 4) is 17.2 Å². The van der Waals surface area contributed by atoms with Gasteiger partial charge in [-0.3, -0.25) is 43.3 Å². The molecule has 0 unspecified atom stereocenters. The number of benzene rings is 3. The molecule has 0 radical (unpaired) electrons. The van der Waals surface area contributed by atoms with E-state index in [1.807, 2.05) is 0 Å². The fourth-order valence-corrected chi connectivity index (χ4v) is 10.5. The number of hydrogen-bond donors (Lipinski definition) is 11. The summed E-state index contributed by atoms with van der Waals surface area (Å²) >= 11 is 0. The van der Waals surface area contributed by atoms with E-state index in [1.165, 1.54) is 49.3 Å². The van der Waals surface area contributed by atoms with Gasteiger partial charge in [-0.15, -0.1) is 0 Å². The van der Waals surface area contributed by atoms with Crippen LogP contribution in [0.3, 0.4) is 0 Å². The minimum Gasteiger partial charge on any atom is -0.507 e. The Hall–Kier alpha value is -8.04. The molecule has 2 aliphatic heterocycles. The number of carbonyl (C=O) groups is 10. The number of carbonyl (C=O) groups excluding carboxylic acids is 10. The van der Waals surface area contributed by atoms with E-state index in [0.29, 0.717) is 30.5 Å². The Kier molecular flexibility index (Phi) is 20.0. The summed E-state index contributed by atoms with van der Waals surface area (Å²) in [4.78, 5) is 131. The zero-order valence-electron chi connectivity index (χ0n) is 45.7. The predicted octanol–water partition coefficient (Wildman–Crippen LogP) is 1.69. The molecule has 12 N–H and O–H groups in total. The van der Waals surface area contributed by atoms with Crippen molar-refractivity contribution in [2.45, 2.75) is 146 Å². The minimum absolute atomic E-state index is 0.0199. The molecule has 2 aliphatic carbocycles. The van der Waals surface area contributed by atoms with Crippen LogP contribution in [0.1, 0.15) is 140 Å². The second kappa shape index (κ2) is 26.7. The molecule has 3 aromatic rings. The average Bonchev–Trinajstić information content (AvgIpc) is 1.70. The molecule has 2 heterocycles. The molecule has 26 nitrogen and oxygen atoms in total. The van der Waals surface area contributed by atoms with Crippen LogP contribution in [0.2, 0.25) is 0 Å². The standard InChI is InChI=1S/C56H69N7O19/c1-27(2)46(62-38(66)13-6-5-7-21-63-39(67)18-19-40(63)68)53(75)60-33(11-9-20-58-54(57)76)52(74)59-30-16-14-29(15-17-30)26-80-55(77)61-34-22-41(81-28(3)47(34)69)82-36-24-56(78,37(65)25-64)23-32-43(36)51(73)45-44(49(32)71)48(70)31-10-8-12-35(79-4)42(31)50(45)72/h8,10,12,14-17,27-28,33-34,36,41,46-47,64,69,71,73,78H,5-7,9,11,13,18-26H2,1-4H3,(H,59,74)(H,60,75)(H,61,77)(H,62,66)(H3,57,58,76)/t28-,33-,34-,36-,41-,46-,47+,56-/m0/s1. The van der Waals surface area contributed by atoms with Crippen molar-refractivity contribution >= 4 is 64.7 Å². The highest BCUT2D eigenvalue weighted by molar-refractivity contribution is 6.31. The van der Waals surface area contributed by atoms with Gasteiger partial charge in [0.25, 0.3) is 0 Å². The third-order valence-corrected chi connectivity index (χ3v) is 15.0. The first-order valence-corrected chi connectivity index (χ1v) is 27.0. The van der Waals surface area contributed by atoms with Gasteiger partial charge in [0.05, 0.1) is 42.0 Å². The molecule has 4 aliphatic rings. The van der Waals surface area contributed by atoms with E-state index in [9.17, 15) is 73.5 Å². The first-order valence-electron chi connectivity index (χ1n) is 27.0. The maximum Gasteiger partial charge on any atom is 0.407 e. The lowest BCUT2D eigenvalue weighted by atomic mass is 9.72. The number of rotatable bonds is 24. The summed E-state index contributed by atoms with van der Waals surface area (Å²) in [6, 6.07) is 6.30. The quantitative estimate of drug-likeness (QED) is 0.0270. The van der Waals surface area contributed by atoms with E-state index >= 15 is 0 Å². The molecule has 82 heavy (non-hydrogen) atoms. The number of imide groups is 1. The monoisotopic (exact) mass is 1140 g/mol. The number of nitrogens with one attached hydrogen (secondary N) is 5. The van der Waals surface area contributed by atoms with Crippen molar-refractivity contribution in [2.24, 2.45) is 11.7 Å². The highest BCUT2D eigenvalue weighted by atomic mass is 16.7. The van der Waals surface area contributed by atoms with Gasteiger partial charge in [0.15, 0.2) is 17.9 Å². The highest BCUT2D eigenvalue weighted by Gasteiger charge is 2.50. The number of unbranched alkanes of at least 4 members (excludes halogenated alkanes) is 2. The summed E-state index contributed by atoms with van der Waals surface area (Å²) in [5, 5.41) is 69.5. The topological polar surface area (TPSA) is 398 Å². The minimum atomic E-state index is -2.42. The van der Waals surface area contributed by atoms with E-state index in [2.05, 4.69) is 26.6 Å². The molecule has 7 rings (SSSR count). The maximum absolute atomic E-state index is 14.1. The van der Waals surface area contributed by atoms with Crippen LogP contribution in [0.15, 0.2) is 42.5 Å². The van der Waals surface area contributed by atoms with Gasteiger partial charge in [0, 0.05) is 74.0 Å². The fraction of sp³-hybridized carbons (Fsp3) is 0.500. The smallest absolute Gasteiger partial charge is 0.407 e. The fourth-order valence-electron chi connectivity index (χ4n) is 10.5. The number of likely N-dealkylation sites (tertiary alicyclic amines) is 1. The van der Waals surface area contributed by atoms with Crippen LogP contribution in [-0.2, 0) is 56.0 Å². The summed E-state index contributed by atoms with van der Waals surface area (Å²) in [6.07, 6.45) is -5.61. The molecule has 0 bridgehead atoms. The lowest BCUT2D eigenvalue weighted by Gasteiger charge is -2.42. The molecular weight excluding hydrogens is 1070 g/mol. The van der Waals surface area contributed by atoms with Crippen molar-refractivity contribution in [1.82, 2.24) is 26.2 Å². The largest absolute Gasteiger partial charge is 0.507 e. The van der Waals surface area contributed by atoms with E-state index in [0.717, 1.165) is 0 Å². The summed E-state index contributed by atoms with van der Waals surface area (Å²) in [7, 11) is 1.28. The molecule has 8 amide bonds. The van der Waals surface area contributed by atoms with Crippen LogP contribution in [-0.4, -0.2) is 158 Å². The number of fused-ring (bicyclic) bond motifs is 3. The number of amides is 8. The Labute approximate surface area is 470 Å². The number of ketones is 3. The summed E-state index contributed by atoms with van der Waals surface area (Å²) in [6.45, 7) is 3.87. The van der Waals surface area contributed by atoms with Crippen molar-refractivity contribution in [1.29, 1.82) is 0 Å². The van der Waals surface area contributed by atoms with Crippen molar-refractivity contribution in [3.05, 3.63) is 81.4 Å². The number of primary amides is 1. The van der Waals surface area contributed by atoms with Crippen LogP contribution in [0.5, 0.6) is 17.2 Å². The summed E-state index contributed by atoms with van der Waals surface area (Å²) in [5.41, 5.74) is 1.51. The number of urea groups is 1. The van der Waals surface area contributed by atoms with E-state index in [4.69, 9.17) is 24.7 Å². The third-order valence-electron chi connectivity index (χ3n) is 15.0. The van der Waals surface area contributed by atoms with E-state index in [-0.39, 0.29) is 104 Å². The Balaban J connectivity index is 0.959. The third kappa shape index (κ3) is 14.0. The number of aliphatic hydroxyl groups excluding tert-OH is 2. The average molecular weight is 1140 g/mol. The van der Waals surface area contributed by atoms with Gasteiger partial charge >= 0.3 is 12.1 Å². The maximum atomic E-state index is 14.1. The molecule has 26 heteroatoms. The van der Waals surface area contributed by atoms with Gasteiger partial charge in [0.1, 0.15) is 54.3 Å². The Bertz CT molecular complexity index is 2970. The number of Topliss-reactive ketones (excluding diaryl/α,β-unsaturated/α-hetero) is 1. The Morgan fingerprint density at radius 3 is 2.23 bits per heavy atom. The first kappa shape index (κ1) is 61.6. The molecule has 3 aromatic carbocycles. The molecule has 0 aromatic heterocycles. The number of methoxy groups -OCH3 is 1. The van der Waals surface area contributed by atoms with E-state index < -0.39 is 138 Å². The van der Waals surface area contributed by atoms with E-state index in [1.54, 1.807) is 26.0 Å². The number of anilines is 1. The number of phenolic OH excluding ortho intramolecular Hbond substituents is 2. The first-order chi connectivity index (χ1) is 39.0. The summed E-state index contributed by atoms with van der Waals surface area (Å²) in [5.74, 6) is -6.82. The van der Waals surface area contributed by atoms with Crippen LogP contribution < -0.4 is 37.1 Å². The number of phenols is 2. The lowest BCUT2D eigenvalue weighted by molar-refractivity contribution is -0.249. The van der Waals surface area contributed by atoms with Crippen molar-refractivity contribution in [3.63, 3.8) is 0 Å². The molecule has 442 valence electrons.